The van der Waals surface area contributed by atoms with Crippen molar-refractivity contribution in [1.29, 1.82) is 0 Å². The van der Waals surface area contributed by atoms with Crippen molar-refractivity contribution < 1.29 is 9.90 Å². The van der Waals surface area contributed by atoms with Gasteiger partial charge in [0.2, 0.25) is 5.91 Å². The van der Waals surface area contributed by atoms with Crippen molar-refractivity contribution in [2.45, 2.75) is 19.0 Å². The fourth-order valence-electron chi connectivity index (χ4n) is 2.05. The molecule has 1 atom stereocenters. The van der Waals surface area contributed by atoms with Crippen molar-refractivity contribution in [2.75, 3.05) is 6.61 Å². The number of nitrogens with zero attached hydrogens (tertiary/aromatic N) is 1. The van der Waals surface area contributed by atoms with E-state index in [4.69, 9.17) is 0 Å². The van der Waals surface area contributed by atoms with E-state index in [1.54, 1.807) is 18.3 Å². The number of carbonyl (C=O) groups excluding carboxylic acids is 1. The lowest BCUT2D eigenvalue weighted by atomic mass is 10.1. The van der Waals surface area contributed by atoms with Gasteiger partial charge >= 0.3 is 0 Å². The van der Waals surface area contributed by atoms with Gasteiger partial charge in [-0.1, -0.05) is 36.4 Å². The van der Waals surface area contributed by atoms with Crippen molar-refractivity contribution in [3.8, 4) is 0 Å². The molecule has 5 heteroatoms. The van der Waals surface area contributed by atoms with Crippen LogP contribution in [0.1, 0.15) is 18.0 Å². The van der Waals surface area contributed by atoms with E-state index in [0.717, 1.165) is 5.56 Å². The first-order chi connectivity index (χ1) is 10.2. The summed E-state index contributed by atoms with van der Waals surface area (Å²) in [7, 11) is 0. The average Bonchev–Trinajstić information content (AvgIpc) is 2.52. The molecule has 0 radical (unpaired) electrons. The molecule has 2 N–H and O–H groups in total. The molecule has 5 nitrogen and oxygen atoms in total. The molecule has 0 saturated carbocycles. The Morgan fingerprint density at radius 3 is 2.52 bits per heavy atom. The van der Waals surface area contributed by atoms with Gasteiger partial charge in [-0.15, -0.1) is 0 Å². The topological polar surface area (TPSA) is 71.3 Å². The normalized spacial score (nSPS) is 11.9. The lowest BCUT2D eigenvalue weighted by molar-refractivity contribution is -0.122. The third-order valence-electron chi connectivity index (χ3n) is 3.20. The zero-order chi connectivity index (χ0) is 15.1. The monoisotopic (exact) mass is 286 g/mol. The Morgan fingerprint density at radius 2 is 1.86 bits per heavy atom. The summed E-state index contributed by atoms with van der Waals surface area (Å²) in [4.78, 5) is 23.5. The summed E-state index contributed by atoms with van der Waals surface area (Å²) in [6, 6.07) is 13.7. The second kappa shape index (κ2) is 7.40. The highest BCUT2D eigenvalue weighted by molar-refractivity contribution is 5.76. The fraction of sp³-hybridized carbons (Fsp3) is 0.250. The number of pyridine rings is 1. The largest absolute Gasteiger partial charge is 0.394 e. The summed E-state index contributed by atoms with van der Waals surface area (Å²) in [6.45, 7) is 0.152. The van der Waals surface area contributed by atoms with Gasteiger partial charge in [-0.2, -0.15) is 0 Å². The van der Waals surface area contributed by atoms with Crippen LogP contribution in [-0.2, 0) is 11.3 Å². The van der Waals surface area contributed by atoms with Gasteiger partial charge in [0.05, 0.1) is 12.6 Å². The van der Waals surface area contributed by atoms with Crippen LogP contribution in [0.25, 0.3) is 0 Å². The number of benzene rings is 1. The number of aliphatic hydroxyl groups excluding tert-OH is 1. The van der Waals surface area contributed by atoms with Crippen LogP contribution in [0.2, 0.25) is 0 Å². The minimum atomic E-state index is -0.425. The van der Waals surface area contributed by atoms with Crippen LogP contribution < -0.4 is 10.9 Å². The van der Waals surface area contributed by atoms with E-state index in [1.165, 1.54) is 10.6 Å². The molecule has 1 amide bonds. The van der Waals surface area contributed by atoms with Gasteiger partial charge < -0.3 is 15.0 Å². The Balaban J connectivity index is 1.92. The van der Waals surface area contributed by atoms with Gasteiger partial charge in [0.1, 0.15) is 0 Å². The molecule has 1 aromatic heterocycles. The molecule has 0 fully saturated rings. The fourth-order valence-corrected chi connectivity index (χ4v) is 2.05. The Bertz CT molecular complexity index is 637. The number of hydrogen-bond donors (Lipinski definition) is 2. The SMILES string of the molecule is O=C(CCn1ccccc1=O)N[C@@H](CO)c1ccccc1. The molecule has 1 aromatic carbocycles. The van der Waals surface area contributed by atoms with Crippen molar-refractivity contribution in [1.82, 2.24) is 9.88 Å². The highest BCUT2D eigenvalue weighted by Gasteiger charge is 2.13. The van der Waals surface area contributed by atoms with E-state index in [9.17, 15) is 14.7 Å². The van der Waals surface area contributed by atoms with Crippen molar-refractivity contribution >= 4 is 5.91 Å². The van der Waals surface area contributed by atoms with Gasteiger partial charge in [0.15, 0.2) is 0 Å². The maximum atomic E-state index is 11.9. The molecule has 0 bridgehead atoms. The Kier molecular flexibility index (Phi) is 5.29. The summed E-state index contributed by atoms with van der Waals surface area (Å²) in [5, 5.41) is 12.2. The molecule has 0 saturated heterocycles. The van der Waals surface area contributed by atoms with Crippen LogP contribution >= 0.6 is 0 Å². The first-order valence-electron chi connectivity index (χ1n) is 6.81. The first-order valence-corrected chi connectivity index (χ1v) is 6.81. The lowest BCUT2D eigenvalue weighted by Gasteiger charge is -2.16. The van der Waals surface area contributed by atoms with E-state index in [1.807, 2.05) is 30.3 Å². The number of amides is 1. The van der Waals surface area contributed by atoms with Gasteiger partial charge in [-0.05, 0) is 11.6 Å². The second-order valence-electron chi connectivity index (χ2n) is 4.70. The summed E-state index contributed by atoms with van der Waals surface area (Å²) in [6.07, 6.45) is 1.84. The number of nitrogens with one attached hydrogen (secondary N) is 1. The van der Waals surface area contributed by atoms with E-state index >= 15 is 0 Å². The zero-order valence-corrected chi connectivity index (χ0v) is 11.6. The minimum absolute atomic E-state index is 0.132. The molecular formula is C16H18N2O3. The summed E-state index contributed by atoms with van der Waals surface area (Å²) in [5.74, 6) is -0.200. The zero-order valence-electron chi connectivity index (χ0n) is 11.6. The molecule has 110 valence electrons. The van der Waals surface area contributed by atoms with Gasteiger partial charge in [-0.3, -0.25) is 9.59 Å². The van der Waals surface area contributed by atoms with Crippen molar-refractivity contribution in [3.63, 3.8) is 0 Å². The summed E-state index contributed by atoms with van der Waals surface area (Å²) in [5.41, 5.74) is 0.720. The number of carbonyl (C=O) groups is 1. The predicted octanol–water partition coefficient (Wildman–Crippen LogP) is 1.09. The van der Waals surface area contributed by atoms with Crippen LogP contribution in [0.4, 0.5) is 0 Å². The molecule has 21 heavy (non-hydrogen) atoms. The third-order valence-corrected chi connectivity index (χ3v) is 3.20. The quantitative estimate of drug-likeness (QED) is 0.835. The molecular weight excluding hydrogens is 268 g/mol. The van der Waals surface area contributed by atoms with E-state index in [2.05, 4.69) is 5.32 Å². The molecule has 2 aromatic rings. The van der Waals surface area contributed by atoms with Crippen molar-refractivity contribution in [2.24, 2.45) is 0 Å². The van der Waals surface area contributed by atoms with Gasteiger partial charge in [-0.25, -0.2) is 0 Å². The Labute approximate surface area is 122 Å². The molecule has 2 rings (SSSR count). The first kappa shape index (κ1) is 15.0. The van der Waals surface area contributed by atoms with E-state index < -0.39 is 6.04 Å². The third kappa shape index (κ3) is 4.29. The molecule has 0 spiro atoms. The standard InChI is InChI=1S/C16H18N2O3/c19-12-14(13-6-2-1-3-7-13)17-15(20)9-11-18-10-5-4-8-16(18)21/h1-8,10,14,19H,9,11-12H2,(H,17,20)/t14-/m0/s1. The number of rotatable bonds is 6. The predicted molar refractivity (Wildman–Crippen MR) is 79.7 cm³/mol. The van der Waals surface area contributed by atoms with E-state index in [-0.39, 0.29) is 24.5 Å². The second-order valence-corrected chi connectivity index (χ2v) is 4.70. The van der Waals surface area contributed by atoms with E-state index in [0.29, 0.717) is 6.54 Å². The van der Waals surface area contributed by atoms with Crippen molar-refractivity contribution in [3.05, 3.63) is 70.6 Å². The smallest absolute Gasteiger partial charge is 0.250 e. The molecule has 0 aliphatic heterocycles. The van der Waals surface area contributed by atoms with Gasteiger partial charge in [0.25, 0.3) is 5.56 Å². The lowest BCUT2D eigenvalue weighted by Crippen LogP contribution is -2.32. The van der Waals surface area contributed by atoms with Crippen LogP contribution in [-0.4, -0.2) is 22.2 Å². The summed E-state index contributed by atoms with van der Waals surface area (Å²) >= 11 is 0. The molecule has 0 aliphatic carbocycles. The molecule has 1 heterocycles. The van der Waals surface area contributed by atoms with Gasteiger partial charge in [0, 0.05) is 25.2 Å². The van der Waals surface area contributed by atoms with Crippen LogP contribution in [0.15, 0.2) is 59.5 Å². The maximum Gasteiger partial charge on any atom is 0.250 e. The van der Waals surface area contributed by atoms with Crippen LogP contribution in [0.3, 0.4) is 0 Å². The highest BCUT2D eigenvalue weighted by atomic mass is 16.3. The van der Waals surface area contributed by atoms with Crippen LogP contribution in [0, 0.1) is 0 Å². The number of aliphatic hydroxyl groups is 1. The Hall–Kier alpha value is -2.40. The average molecular weight is 286 g/mol. The Morgan fingerprint density at radius 1 is 1.14 bits per heavy atom. The number of hydrogen-bond acceptors (Lipinski definition) is 3. The minimum Gasteiger partial charge on any atom is -0.394 e. The summed E-state index contributed by atoms with van der Waals surface area (Å²) < 4.78 is 1.48. The highest BCUT2D eigenvalue weighted by Crippen LogP contribution is 2.11. The molecule has 0 aliphatic rings. The maximum absolute atomic E-state index is 11.9. The van der Waals surface area contributed by atoms with Crippen LogP contribution in [0.5, 0.6) is 0 Å². The molecule has 0 unspecified atom stereocenters. The number of aryl methyl sites for hydroxylation is 1. The number of aromatic nitrogens is 1.